The molecule has 0 bridgehead atoms. The van der Waals surface area contributed by atoms with Gasteiger partial charge in [0.1, 0.15) is 5.69 Å². The zero-order valence-corrected chi connectivity index (χ0v) is 11.3. The standard InChI is InChI=1S/C13H17N2O2S/c1-3-11-10-12(14(16)17)4-5-13(11)15(2)6-8-18-9-7-15/h3-5,10H,1,6-9H2,2H3/q+1. The fraction of sp³-hybridized carbons (Fsp3) is 0.385. The van der Waals surface area contributed by atoms with Crippen LogP contribution in [0.3, 0.4) is 0 Å². The van der Waals surface area contributed by atoms with E-state index in [0.717, 1.165) is 40.3 Å². The third-order valence-electron chi connectivity index (χ3n) is 3.48. The summed E-state index contributed by atoms with van der Waals surface area (Å²) >= 11 is 1.96. The van der Waals surface area contributed by atoms with E-state index in [0.29, 0.717) is 0 Å². The van der Waals surface area contributed by atoms with Crippen LogP contribution >= 0.6 is 11.8 Å². The molecular formula is C13H17N2O2S+. The summed E-state index contributed by atoms with van der Waals surface area (Å²) in [6, 6.07) is 5.09. The van der Waals surface area contributed by atoms with Crippen LogP contribution in [-0.2, 0) is 0 Å². The molecule has 1 aliphatic rings. The molecule has 0 atom stereocenters. The van der Waals surface area contributed by atoms with E-state index in [-0.39, 0.29) is 10.6 Å². The number of hydrogen-bond acceptors (Lipinski definition) is 3. The largest absolute Gasteiger partial charge is 0.292 e. The third kappa shape index (κ3) is 2.42. The van der Waals surface area contributed by atoms with E-state index >= 15 is 0 Å². The van der Waals surface area contributed by atoms with Crippen LogP contribution in [0, 0.1) is 10.1 Å². The summed E-state index contributed by atoms with van der Waals surface area (Å²) in [5.74, 6) is 2.26. The second-order valence-corrected chi connectivity index (χ2v) is 5.88. The van der Waals surface area contributed by atoms with E-state index in [1.807, 2.05) is 17.8 Å². The van der Waals surface area contributed by atoms with Gasteiger partial charge in [-0.2, -0.15) is 11.8 Å². The highest BCUT2D eigenvalue weighted by Gasteiger charge is 2.30. The van der Waals surface area contributed by atoms with Crippen molar-refractivity contribution < 1.29 is 4.92 Å². The molecule has 0 amide bonds. The summed E-state index contributed by atoms with van der Waals surface area (Å²) in [5, 5.41) is 10.8. The number of rotatable bonds is 3. The van der Waals surface area contributed by atoms with Gasteiger partial charge in [0.25, 0.3) is 5.69 Å². The first-order valence-electron chi connectivity index (χ1n) is 5.90. The van der Waals surface area contributed by atoms with Gasteiger partial charge in [0.15, 0.2) is 0 Å². The Bertz CT molecular complexity index is 482. The van der Waals surface area contributed by atoms with Crippen LogP contribution in [0.1, 0.15) is 5.56 Å². The minimum Gasteiger partial charge on any atom is -0.292 e. The summed E-state index contributed by atoms with van der Waals surface area (Å²) < 4.78 is 0.840. The van der Waals surface area contributed by atoms with Gasteiger partial charge < -0.3 is 0 Å². The number of quaternary nitrogens is 1. The lowest BCUT2D eigenvalue weighted by Crippen LogP contribution is -2.51. The Morgan fingerprint density at radius 2 is 2.11 bits per heavy atom. The summed E-state index contributed by atoms with van der Waals surface area (Å²) in [6.45, 7) is 5.90. The highest BCUT2D eigenvalue weighted by atomic mass is 32.2. The van der Waals surface area contributed by atoms with E-state index in [2.05, 4.69) is 13.6 Å². The van der Waals surface area contributed by atoms with Crippen LogP contribution in [0.25, 0.3) is 6.08 Å². The quantitative estimate of drug-likeness (QED) is 0.479. The van der Waals surface area contributed by atoms with Crippen molar-refractivity contribution in [2.24, 2.45) is 0 Å². The summed E-state index contributed by atoms with van der Waals surface area (Å²) in [7, 11) is 2.19. The van der Waals surface area contributed by atoms with Gasteiger partial charge in [0, 0.05) is 35.3 Å². The van der Waals surface area contributed by atoms with Crippen LogP contribution in [0.2, 0.25) is 0 Å². The van der Waals surface area contributed by atoms with E-state index in [4.69, 9.17) is 0 Å². The van der Waals surface area contributed by atoms with E-state index in [1.54, 1.807) is 18.2 Å². The third-order valence-corrected chi connectivity index (χ3v) is 4.42. The van der Waals surface area contributed by atoms with Gasteiger partial charge >= 0.3 is 0 Å². The minimum absolute atomic E-state index is 0.131. The topological polar surface area (TPSA) is 43.1 Å². The average Bonchev–Trinajstić information content (AvgIpc) is 2.38. The molecule has 0 spiro atoms. The molecule has 96 valence electrons. The normalized spacial score (nSPS) is 18.3. The van der Waals surface area contributed by atoms with E-state index in [9.17, 15) is 10.1 Å². The number of nitrogens with zero attached hydrogens (tertiary/aromatic N) is 2. The molecule has 0 unspecified atom stereocenters. The van der Waals surface area contributed by atoms with Crippen molar-refractivity contribution in [3.8, 4) is 0 Å². The molecule has 0 aromatic heterocycles. The van der Waals surface area contributed by atoms with Crippen LogP contribution in [0.5, 0.6) is 0 Å². The fourth-order valence-electron chi connectivity index (χ4n) is 2.30. The van der Waals surface area contributed by atoms with Gasteiger partial charge in [-0.25, -0.2) is 0 Å². The molecule has 1 heterocycles. The second-order valence-electron chi connectivity index (χ2n) is 4.66. The first kappa shape index (κ1) is 13.1. The van der Waals surface area contributed by atoms with Crippen LogP contribution in [0.15, 0.2) is 24.8 Å². The predicted octanol–water partition coefficient (Wildman–Crippen LogP) is 2.92. The van der Waals surface area contributed by atoms with Crippen LogP contribution in [-0.4, -0.2) is 36.6 Å². The zero-order valence-electron chi connectivity index (χ0n) is 10.5. The van der Waals surface area contributed by atoms with E-state index < -0.39 is 0 Å². The highest BCUT2D eigenvalue weighted by molar-refractivity contribution is 7.99. The highest BCUT2D eigenvalue weighted by Crippen LogP contribution is 2.32. The molecule has 1 saturated heterocycles. The first-order chi connectivity index (χ1) is 8.57. The summed E-state index contributed by atoms with van der Waals surface area (Å²) in [6.07, 6.45) is 1.72. The second kappa shape index (κ2) is 5.12. The maximum absolute atomic E-state index is 10.8. The molecule has 0 saturated carbocycles. The number of non-ortho nitro benzene ring substituents is 1. The first-order valence-corrected chi connectivity index (χ1v) is 7.06. The average molecular weight is 265 g/mol. The molecule has 1 aromatic carbocycles. The molecule has 5 heteroatoms. The Labute approximate surface area is 111 Å². The Balaban J connectivity index is 2.43. The molecule has 0 radical (unpaired) electrons. The zero-order chi connectivity index (χ0) is 13.2. The maximum atomic E-state index is 10.8. The molecule has 2 rings (SSSR count). The smallest absolute Gasteiger partial charge is 0.270 e. The van der Waals surface area contributed by atoms with Crippen molar-refractivity contribution in [3.63, 3.8) is 0 Å². The van der Waals surface area contributed by atoms with Crippen molar-refractivity contribution in [2.45, 2.75) is 0 Å². The Hall–Kier alpha value is -1.33. The Kier molecular flexibility index (Phi) is 3.73. The van der Waals surface area contributed by atoms with Crippen molar-refractivity contribution in [3.05, 3.63) is 40.5 Å². The lowest BCUT2D eigenvalue weighted by molar-refractivity contribution is -0.384. The van der Waals surface area contributed by atoms with Gasteiger partial charge in [-0.05, 0) is 0 Å². The summed E-state index contributed by atoms with van der Waals surface area (Å²) in [5.41, 5.74) is 2.14. The lowest BCUT2D eigenvalue weighted by Gasteiger charge is -2.37. The number of nitro groups is 1. The maximum Gasteiger partial charge on any atom is 0.270 e. The van der Waals surface area contributed by atoms with Crippen molar-refractivity contribution >= 4 is 29.2 Å². The molecule has 0 aliphatic carbocycles. The molecule has 1 aliphatic heterocycles. The Morgan fingerprint density at radius 3 is 2.67 bits per heavy atom. The van der Waals surface area contributed by atoms with Gasteiger partial charge in [-0.15, -0.1) is 0 Å². The molecule has 0 N–H and O–H groups in total. The van der Waals surface area contributed by atoms with Crippen molar-refractivity contribution in [1.29, 1.82) is 0 Å². The van der Waals surface area contributed by atoms with Crippen LogP contribution < -0.4 is 4.48 Å². The molecule has 1 fully saturated rings. The molecular weight excluding hydrogens is 248 g/mol. The number of thioether (sulfide) groups is 1. The molecule has 18 heavy (non-hydrogen) atoms. The van der Waals surface area contributed by atoms with Crippen molar-refractivity contribution in [2.75, 3.05) is 31.6 Å². The predicted molar refractivity (Wildman–Crippen MR) is 78.0 cm³/mol. The minimum atomic E-state index is -0.358. The van der Waals surface area contributed by atoms with Gasteiger partial charge in [-0.1, -0.05) is 12.7 Å². The lowest BCUT2D eigenvalue weighted by atomic mass is 10.1. The van der Waals surface area contributed by atoms with Crippen molar-refractivity contribution in [1.82, 2.24) is 4.48 Å². The van der Waals surface area contributed by atoms with Gasteiger partial charge in [-0.3, -0.25) is 14.6 Å². The number of hydrogen-bond donors (Lipinski definition) is 0. The summed E-state index contributed by atoms with van der Waals surface area (Å²) in [4.78, 5) is 10.4. The number of benzene rings is 1. The van der Waals surface area contributed by atoms with Crippen LogP contribution in [0.4, 0.5) is 11.4 Å². The van der Waals surface area contributed by atoms with Gasteiger partial charge in [0.05, 0.1) is 25.1 Å². The fourth-order valence-corrected chi connectivity index (χ4v) is 3.57. The number of nitro benzene ring substituents is 1. The Morgan fingerprint density at radius 1 is 1.44 bits per heavy atom. The molecule has 1 aromatic rings. The molecule has 4 nitrogen and oxygen atoms in total. The van der Waals surface area contributed by atoms with Gasteiger partial charge in [0.2, 0.25) is 0 Å². The van der Waals surface area contributed by atoms with E-state index in [1.165, 1.54) is 0 Å². The monoisotopic (exact) mass is 265 g/mol. The SMILES string of the molecule is C=Cc1cc([N+](=O)[O-])ccc1[N+]1(C)CCSCC1.